The average molecular weight is 249 g/mol. The van der Waals surface area contributed by atoms with Crippen molar-refractivity contribution in [1.29, 1.82) is 0 Å². The summed E-state index contributed by atoms with van der Waals surface area (Å²) in [5, 5.41) is 0. The normalized spacial score (nSPS) is 19.6. The van der Waals surface area contributed by atoms with Crippen molar-refractivity contribution in [1.82, 2.24) is 4.57 Å². The number of hydrogen-bond acceptors (Lipinski definition) is 2. The van der Waals surface area contributed by atoms with Crippen LogP contribution in [0.5, 0.6) is 0 Å². The Morgan fingerprint density at radius 2 is 2.39 bits per heavy atom. The van der Waals surface area contributed by atoms with E-state index in [1.54, 1.807) is 0 Å². The summed E-state index contributed by atoms with van der Waals surface area (Å²) in [4.78, 5) is 11.8. The van der Waals surface area contributed by atoms with E-state index in [-0.39, 0.29) is 11.7 Å². The van der Waals surface area contributed by atoms with Gasteiger partial charge < -0.3 is 9.30 Å². The van der Waals surface area contributed by atoms with E-state index < -0.39 is 0 Å². The largest absolute Gasteiger partial charge is 0.378 e. The fourth-order valence-corrected chi connectivity index (χ4v) is 2.43. The molecule has 0 amide bonds. The number of Topliss-reactive ketones (excluding diaryl/α,β-unsaturated/α-hetero) is 1. The van der Waals surface area contributed by atoms with E-state index in [1.807, 2.05) is 32.3 Å². The van der Waals surface area contributed by atoms with Gasteiger partial charge in [-0.05, 0) is 31.7 Å². The third-order valence-electron chi connectivity index (χ3n) is 3.53. The van der Waals surface area contributed by atoms with Gasteiger partial charge in [0.1, 0.15) is 0 Å². The zero-order valence-corrected chi connectivity index (χ0v) is 11.4. The first-order valence-electron chi connectivity index (χ1n) is 6.98. The Morgan fingerprint density at radius 1 is 1.56 bits per heavy atom. The molecule has 1 aromatic heterocycles. The molecule has 1 aliphatic rings. The molecule has 3 heteroatoms. The molecule has 1 aliphatic heterocycles. The van der Waals surface area contributed by atoms with Crippen LogP contribution in [0.3, 0.4) is 0 Å². The molecule has 1 aromatic rings. The van der Waals surface area contributed by atoms with Gasteiger partial charge in [-0.1, -0.05) is 13.8 Å². The van der Waals surface area contributed by atoms with E-state index in [1.165, 1.54) is 12.8 Å². The van der Waals surface area contributed by atoms with Gasteiger partial charge in [-0.25, -0.2) is 0 Å². The van der Waals surface area contributed by atoms with Crippen molar-refractivity contribution in [2.45, 2.75) is 52.2 Å². The average Bonchev–Trinajstić information content (AvgIpc) is 2.99. The standard InChI is InChI=1S/C15H23NO2/c1-12(2)15(17)13-7-9-16(11-13)8-3-5-14-6-4-10-18-14/h7,9,11-12,14H,3-6,8,10H2,1-2H3. The highest BCUT2D eigenvalue weighted by atomic mass is 16.5. The molecule has 1 fully saturated rings. The molecule has 1 unspecified atom stereocenters. The number of hydrogen-bond donors (Lipinski definition) is 0. The van der Waals surface area contributed by atoms with E-state index in [2.05, 4.69) is 4.57 Å². The summed E-state index contributed by atoms with van der Waals surface area (Å²) in [6.07, 6.45) is 9.12. The molecular formula is C15H23NO2. The van der Waals surface area contributed by atoms with Crippen LogP contribution in [0.4, 0.5) is 0 Å². The summed E-state index contributed by atoms with van der Waals surface area (Å²) in [7, 11) is 0. The number of aryl methyl sites for hydroxylation is 1. The molecule has 0 saturated carbocycles. The minimum Gasteiger partial charge on any atom is -0.378 e. The Morgan fingerprint density at radius 3 is 3.06 bits per heavy atom. The molecule has 0 bridgehead atoms. The van der Waals surface area contributed by atoms with Gasteiger partial charge in [-0.15, -0.1) is 0 Å². The molecule has 18 heavy (non-hydrogen) atoms. The molecule has 1 saturated heterocycles. The van der Waals surface area contributed by atoms with Gasteiger partial charge in [0, 0.05) is 37.0 Å². The van der Waals surface area contributed by atoms with Gasteiger partial charge in [-0.3, -0.25) is 4.79 Å². The molecule has 100 valence electrons. The summed E-state index contributed by atoms with van der Waals surface area (Å²) in [5.74, 6) is 0.306. The van der Waals surface area contributed by atoms with Gasteiger partial charge in [0.2, 0.25) is 0 Å². The molecular weight excluding hydrogens is 226 g/mol. The predicted octanol–water partition coefficient (Wildman–Crippen LogP) is 3.29. The highest BCUT2D eigenvalue weighted by Crippen LogP contribution is 2.17. The SMILES string of the molecule is CC(C)C(=O)c1ccn(CCCC2CCCO2)c1. The third kappa shape index (κ3) is 3.45. The van der Waals surface area contributed by atoms with Gasteiger partial charge in [-0.2, -0.15) is 0 Å². The van der Waals surface area contributed by atoms with Crippen LogP contribution in [0.15, 0.2) is 18.5 Å². The zero-order chi connectivity index (χ0) is 13.0. The Hall–Kier alpha value is -1.09. The minimum atomic E-state index is 0.0766. The molecule has 2 heterocycles. The van der Waals surface area contributed by atoms with E-state index in [9.17, 15) is 4.79 Å². The maximum absolute atomic E-state index is 11.8. The van der Waals surface area contributed by atoms with Crippen LogP contribution in [0, 0.1) is 5.92 Å². The monoisotopic (exact) mass is 249 g/mol. The Balaban J connectivity index is 1.77. The first-order valence-corrected chi connectivity index (χ1v) is 6.98. The van der Waals surface area contributed by atoms with Crippen molar-refractivity contribution >= 4 is 5.78 Å². The molecule has 0 spiro atoms. The van der Waals surface area contributed by atoms with Crippen LogP contribution in [-0.4, -0.2) is 23.1 Å². The number of aromatic nitrogens is 1. The van der Waals surface area contributed by atoms with E-state index in [0.717, 1.165) is 31.6 Å². The van der Waals surface area contributed by atoms with Crippen molar-refractivity contribution in [2.75, 3.05) is 6.61 Å². The molecule has 0 N–H and O–H groups in total. The highest BCUT2D eigenvalue weighted by Gasteiger charge is 2.15. The number of rotatable bonds is 6. The van der Waals surface area contributed by atoms with Crippen molar-refractivity contribution in [3.8, 4) is 0 Å². The minimum absolute atomic E-state index is 0.0766. The van der Waals surface area contributed by atoms with Crippen molar-refractivity contribution in [3.63, 3.8) is 0 Å². The Bertz CT molecular complexity index is 389. The van der Waals surface area contributed by atoms with Gasteiger partial charge in [0.25, 0.3) is 0 Å². The molecule has 3 nitrogen and oxygen atoms in total. The van der Waals surface area contributed by atoms with Crippen LogP contribution < -0.4 is 0 Å². The lowest BCUT2D eigenvalue weighted by atomic mass is 10.0. The van der Waals surface area contributed by atoms with Crippen molar-refractivity contribution in [3.05, 3.63) is 24.0 Å². The molecule has 0 radical (unpaired) electrons. The van der Waals surface area contributed by atoms with Gasteiger partial charge in [0.05, 0.1) is 6.10 Å². The maximum atomic E-state index is 11.8. The first kappa shape index (κ1) is 13.3. The zero-order valence-electron chi connectivity index (χ0n) is 11.4. The lowest BCUT2D eigenvalue weighted by Gasteiger charge is -2.09. The Kier molecular flexibility index (Phi) is 4.59. The van der Waals surface area contributed by atoms with Crippen LogP contribution in [0.2, 0.25) is 0 Å². The first-order chi connectivity index (χ1) is 8.66. The second-order valence-electron chi connectivity index (χ2n) is 5.43. The highest BCUT2D eigenvalue weighted by molar-refractivity contribution is 5.97. The lowest BCUT2D eigenvalue weighted by molar-refractivity contribution is 0.0938. The van der Waals surface area contributed by atoms with Crippen LogP contribution in [0.1, 0.15) is 49.9 Å². The van der Waals surface area contributed by atoms with E-state index in [0.29, 0.717) is 6.10 Å². The molecule has 0 aliphatic carbocycles. The number of ether oxygens (including phenoxy) is 1. The maximum Gasteiger partial charge on any atom is 0.166 e. The molecule has 2 rings (SSSR count). The topological polar surface area (TPSA) is 31.2 Å². The molecule has 0 aromatic carbocycles. The quantitative estimate of drug-likeness (QED) is 0.724. The van der Waals surface area contributed by atoms with Crippen molar-refractivity contribution < 1.29 is 9.53 Å². The van der Waals surface area contributed by atoms with E-state index >= 15 is 0 Å². The fourth-order valence-electron chi connectivity index (χ4n) is 2.43. The summed E-state index contributed by atoms with van der Waals surface area (Å²) in [5.41, 5.74) is 0.835. The summed E-state index contributed by atoms with van der Waals surface area (Å²) in [6, 6.07) is 1.93. The van der Waals surface area contributed by atoms with Crippen molar-refractivity contribution in [2.24, 2.45) is 5.92 Å². The second-order valence-corrected chi connectivity index (χ2v) is 5.43. The van der Waals surface area contributed by atoms with Gasteiger partial charge >= 0.3 is 0 Å². The van der Waals surface area contributed by atoms with Crippen LogP contribution in [0.25, 0.3) is 0 Å². The molecule has 1 atom stereocenters. The fraction of sp³-hybridized carbons (Fsp3) is 0.667. The summed E-state index contributed by atoms with van der Waals surface area (Å²) in [6.45, 7) is 5.79. The van der Waals surface area contributed by atoms with E-state index in [4.69, 9.17) is 4.74 Å². The number of nitrogens with zero attached hydrogens (tertiary/aromatic N) is 1. The number of carbonyl (C=O) groups excluding carboxylic acids is 1. The van der Waals surface area contributed by atoms with Gasteiger partial charge in [0.15, 0.2) is 5.78 Å². The number of ketones is 1. The lowest BCUT2D eigenvalue weighted by Crippen LogP contribution is -2.07. The second kappa shape index (κ2) is 6.19. The third-order valence-corrected chi connectivity index (χ3v) is 3.53. The van der Waals surface area contributed by atoms with Crippen LogP contribution >= 0.6 is 0 Å². The summed E-state index contributed by atoms with van der Waals surface area (Å²) >= 11 is 0. The predicted molar refractivity (Wildman–Crippen MR) is 71.8 cm³/mol. The smallest absolute Gasteiger partial charge is 0.166 e. The number of carbonyl (C=O) groups is 1. The summed E-state index contributed by atoms with van der Waals surface area (Å²) < 4.78 is 7.72. The van der Waals surface area contributed by atoms with Crippen LogP contribution in [-0.2, 0) is 11.3 Å². The Labute approximate surface area is 109 Å².